The highest BCUT2D eigenvalue weighted by Crippen LogP contribution is 2.32. The lowest BCUT2D eigenvalue weighted by molar-refractivity contribution is -0.137. The summed E-state index contributed by atoms with van der Waals surface area (Å²) in [6.07, 6.45) is -3.59. The Kier molecular flexibility index (Phi) is 5.98. The number of hydrogen-bond donors (Lipinski definition) is 1. The molecular weight excluding hydrogens is 365 g/mol. The molecule has 3 nitrogen and oxygen atoms in total. The average Bonchev–Trinajstić information content (AvgIpc) is 2.59. The summed E-state index contributed by atoms with van der Waals surface area (Å²) in [5.74, 6) is -0.0921. The van der Waals surface area contributed by atoms with Crippen LogP contribution in [0.3, 0.4) is 0 Å². The molecule has 7 heteroatoms. The Morgan fingerprint density at radius 2 is 1.69 bits per heavy atom. The summed E-state index contributed by atoms with van der Waals surface area (Å²) < 4.78 is 38.0. The molecule has 26 heavy (non-hydrogen) atoms. The predicted molar refractivity (Wildman–Crippen MR) is 96.9 cm³/mol. The molecular formula is C19H20ClF3N2O. The van der Waals surface area contributed by atoms with Crippen LogP contribution in [0.25, 0.3) is 11.1 Å². The smallest absolute Gasteiger partial charge is 0.337 e. The molecule has 1 heterocycles. The molecule has 0 aliphatic carbocycles. The maximum Gasteiger partial charge on any atom is 0.416 e. The van der Waals surface area contributed by atoms with Gasteiger partial charge in [-0.2, -0.15) is 13.2 Å². The predicted octanol–water partition coefficient (Wildman–Crippen LogP) is 4.03. The van der Waals surface area contributed by atoms with E-state index in [0.29, 0.717) is 18.7 Å². The number of hydrogen-bond acceptors (Lipinski definition) is 2. The molecule has 140 valence electrons. The number of halogens is 4. The van der Waals surface area contributed by atoms with E-state index >= 15 is 0 Å². The van der Waals surface area contributed by atoms with Gasteiger partial charge in [-0.05, 0) is 53.8 Å². The number of carbonyl (C=O) groups excluding carboxylic acids is 1. The van der Waals surface area contributed by atoms with Crippen molar-refractivity contribution in [2.24, 2.45) is 5.73 Å². The molecule has 1 amide bonds. The summed E-state index contributed by atoms with van der Waals surface area (Å²) in [6.45, 7) is 2.77. The lowest BCUT2D eigenvalue weighted by Crippen LogP contribution is -2.44. The van der Waals surface area contributed by atoms with Gasteiger partial charge in [0.05, 0.1) is 11.6 Å². The van der Waals surface area contributed by atoms with Gasteiger partial charge in [-0.3, -0.25) is 4.79 Å². The van der Waals surface area contributed by atoms with E-state index < -0.39 is 17.8 Å². The maximum absolute atomic E-state index is 12.7. The van der Waals surface area contributed by atoms with Gasteiger partial charge < -0.3 is 10.6 Å². The number of rotatable bonds is 2. The normalized spacial score (nSPS) is 15.0. The highest BCUT2D eigenvalue weighted by Gasteiger charge is 2.30. The summed E-state index contributed by atoms with van der Waals surface area (Å²) in [6, 6.07) is 10.4. The second-order valence-corrected chi connectivity index (χ2v) is 6.36. The number of carbonyl (C=O) groups is 1. The molecule has 0 radical (unpaired) electrons. The van der Waals surface area contributed by atoms with Crippen molar-refractivity contribution in [2.75, 3.05) is 6.54 Å². The van der Waals surface area contributed by atoms with Gasteiger partial charge in [0.1, 0.15) is 0 Å². The van der Waals surface area contributed by atoms with Crippen molar-refractivity contribution in [3.63, 3.8) is 0 Å². The monoisotopic (exact) mass is 384 g/mol. The number of benzene rings is 2. The summed E-state index contributed by atoms with van der Waals surface area (Å²) in [5, 5.41) is 0. The van der Waals surface area contributed by atoms with Crippen molar-refractivity contribution in [3.8, 4) is 11.1 Å². The van der Waals surface area contributed by atoms with E-state index in [0.717, 1.165) is 35.2 Å². The first-order valence-corrected chi connectivity index (χ1v) is 8.09. The van der Waals surface area contributed by atoms with Gasteiger partial charge in [0.2, 0.25) is 5.91 Å². The van der Waals surface area contributed by atoms with E-state index in [-0.39, 0.29) is 18.3 Å². The van der Waals surface area contributed by atoms with Gasteiger partial charge in [-0.25, -0.2) is 0 Å². The molecule has 2 N–H and O–H groups in total. The first kappa shape index (κ1) is 20.3. The molecule has 1 aliphatic rings. The summed E-state index contributed by atoms with van der Waals surface area (Å²) >= 11 is 0. The van der Waals surface area contributed by atoms with Crippen molar-refractivity contribution >= 4 is 18.3 Å². The third-order valence-corrected chi connectivity index (χ3v) is 4.47. The van der Waals surface area contributed by atoms with Crippen molar-refractivity contribution < 1.29 is 18.0 Å². The fourth-order valence-corrected chi connectivity index (χ4v) is 3.06. The van der Waals surface area contributed by atoms with Gasteiger partial charge in [0.15, 0.2) is 0 Å². The van der Waals surface area contributed by atoms with Crippen molar-refractivity contribution in [1.82, 2.24) is 4.90 Å². The van der Waals surface area contributed by atoms with Crippen LogP contribution >= 0.6 is 12.4 Å². The molecule has 0 saturated carbocycles. The number of amides is 1. The Balaban J connectivity index is 0.00000243. The topological polar surface area (TPSA) is 46.3 Å². The van der Waals surface area contributed by atoms with E-state index in [1.165, 1.54) is 12.1 Å². The summed E-state index contributed by atoms with van der Waals surface area (Å²) in [7, 11) is 0. The molecule has 2 aromatic rings. The Morgan fingerprint density at radius 3 is 2.27 bits per heavy atom. The zero-order chi connectivity index (χ0) is 18.2. The van der Waals surface area contributed by atoms with Gasteiger partial charge in [0.25, 0.3) is 0 Å². The van der Waals surface area contributed by atoms with E-state index in [1.807, 2.05) is 18.2 Å². The molecule has 0 unspecified atom stereocenters. The summed E-state index contributed by atoms with van der Waals surface area (Å²) in [5.41, 5.74) is 8.73. The van der Waals surface area contributed by atoms with E-state index in [4.69, 9.17) is 5.73 Å². The Hall–Kier alpha value is -2.05. The minimum absolute atomic E-state index is 0. The second-order valence-electron chi connectivity index (χ2n) is 6.36. The van der Waals surface area contributed by atoms with Crippen LogP contribution in [0.4, 0.5) is 13.2 Å². The Bertz CT molecular complexity index is 788. The molecule has 0 spiro atoms. The molecule has 3 rings (SSSR count). The number of fused-ring (bicyclic) bond motifs is 1. The van der Waals surface area contributed by atoms with Crippen LogP contribution in [-0.2, 0) is 23.9 Å². The van der Waals surface area contributed by atoms with Crippen molar-refractivity contribution in [3.05, 3.63) is 59.2 Å². The van der Waals surface area contributed by atoms with E-state index in [2.05, 4.69) is 0 Å². The third kappa shape index (κ3) is 4.19. The lowest BCUT2D eigenvalue weighted by atomic mass is 9.94. The maximum atomic E-state index is 12.7. The van der Waals surface area contributed by atoms with Crippen LogP contribution in [0.5, 0.6) is 0 Å². The quantitative estimate of drug-likeness (QED) is 0.849. The standard InChI is InChI=1S/C19H19F3N2O.ClH/c1-12(23)18(25)24-9-8-14-2-3-15(10-16(14)11-24)13-4-6-17(7-5-13)19(20,21)22;/h2-7,10,12H,8-9,11,23H2,1H3;1H/t12-;/m1./s1. The molecule has 1 aliphatic heterocycles. The minimum Gasteiger partial charge on any atom is -0.337 e. The molecule has 0 fully saturated rings. The molecule has 0 bridgehead atoms. The van der Waals surface area contributed by atoms with Gasteiger partial charge in [-0.15, -0.1) is 12.4 Å². The van der Waals surface area contributed by atoms with Crippen LogP contribution < -0.4 is 5.73 Å². The van der Waals surface area contributed by atoms with Crippen molar-refractivity contribution in [1.29, 1.82) is 0 Å². The first-order valence-electron chi connectivity index (χ1n) is 8.09. The average molecular weight is 385 g/mol. The minimum atomic E-state index is -4.34. The lowest BCUT2D eigenvalue weighted by Gasteiger charge is -2.30. The van der Waals surface area contributed by atoms with Crippen molar-refractivity contribution in [2.45, 2.75) is 32.1 Å². The summed E-state index contributed by atoms with van der Waals surface area (Å²) in [4.78, 5) is 13.8. The van der Waals surface area contributed by atoms with Gasteiger partial charge in [0, 0.05) is 13.1 Å². The Labute approximate surface area is 156 Å². The van der Waals surface area contributed by atoms with Crippen LogP contribution in [0, 0.1) is 0 Å². The van der Waals surface area contributed by atoms with Gasteiger partial charge >= 0.3 is 6.18 Å². The number of nitrogens with zero attached hydrogens (tertiary/aromatic N) is 1. The molecule has 2 aromatic carbocycles. The highest BCUT2D eigenvalue weighted by molar-refractivity contribution is 5.85. The molecule has 1 atom stereocenters. The van der Waals surface area contributed by atoms with Crippen LogP contribution in [0.2, 0.25) is 0 Å². The van der Waals surface area contributed by atoms with Crippen LogP contribution in [0.15, 0.2) is 42.5 Å². The second kappa shape index (κ2) is 7.68. The number of nitrogens with two attached hydrogens (primary N) is 1. The Morgan fingerprint density at radius 1 is 1.08 bits per heavy atom. The first-order chi connectivity index (χ1) is 11.8. The van der Waals surface area contributed by atoms with Crippen LogP contribution in [0.1, 0.15) is 23.6 Å². The SMILES string of the molecule is C[C@@H](N)C(=O)N1CCc2ccc(-c3ccc(C(F)(F)F)cc3)cc2C1.Cl. The molecule has 0 saturated heterocycles. The van der Waals surface area contributed by atoms with E-state index in [1.54, 1.807) is 11.8 Å². The fraction of sp³-hybridized carbons (Fsp3) is 0.316. The largest absolute Gasteiger partial charge is 0.416 e. The van der Waals surface area contributed by atoms with Gasteiger partial charge in [-0.1, -0.05) is 24.3 Å². The van der Waals surface area contributed by atoms with E-state index in [9.17, 15) is 18.0 Å². The fourth-order valence-electron chi connectivity index (χ4n) is 3.06. The number of alkyl halides is 3. The zero-order valence-corrected chi connectivity index (χ0v) is 15.0. The van der Waals surface area contributed by atoms with Crippen LogP contribution in [-0.4, -0.2) is 23.4 Å². The zero-order valence-electron chi connectivity index (χ0n) is 14.2. The molecule has 0 aromatic heterocycles. The highest BCUT2D eigenvalue weighted by atomic mass is 35.5. The third-order valence-electron chi connectivity index (χ3n) is 4.47.